The Hall–Kier alpha value is -0.650. The van der Waals surface area contributed by atoms with E-state index in [4.69, 9.17) is 10.8 Å². The molecule has 1 aliphatic rings. The van der Waals surface area contributed by atoms with Crippen molar-refractivity contribution in [3.05, 3.63) is 0 Å². The predicted octanol–water partition coefficient (Wildman–Crippen LogP) is -1.14. The number of carbonyl (C=O) groups excluding carboxylic acids is 1. The minimum Gasteiger partial charge on any atom is -0.394 e. The maximum Gasteiger partial charge on any atom is 0.241 e. The van der Waals surface area contributed by atoms with E-state index in [9.17, 15) is 4.79 Å². The van der Waals surface area contributed by atoms with Gasteiger partial charge in [0.2, 0.25) is 5.91 Å². The van der Waals surface area contributed by atoms with Crippen LogP contribution in [0.1, 0.15) is 12.8 Å². The molecule has 0 aromatic carbocycles. The van der Waals surface area contributed by atoms with Crippen LogP contribution in [0, 0.1) is 0 Å². The van der Waals surface area contributed by atoms with E-state index in [0.29, 0.717) is 0 Å². The fourth-order valence-corrected chi connectivity index (χ4v) is 1.97. The lowest BCUT2D eigenvalue weighted by atomic mass is 10.0. The fourth-order valence-electron chi connectivity index (χ4n) is 1.97. The molecule has 3 N–H and O–H groups in total. The Morgan fingerprint density at radius 1 is 1.73 bits per heavy atom. The molecule has 2 atom stereocenters. The first-order chi connectivity index (χ1) is 7.06. The van der Waals surface area contributed by atoms with Gasteiger partial charge in [0, 0.05) is 19.6 Å². The number of likely N-dealkylation sites (tertiary alicyclic amines) is 1. The number of aliphatic hydroxyl groups excluding tert-OH is 1. The van der Waals surface area contributed by atoms with E-state index in [1.165, 1.54) is 0 Å². The lowest BCUT2D eigenvalue weighted by Gasteiger charge is -2.36. The third-order valence-corrected chi connectivity index (χ3v) is 3.01. The summed E-state index contributed by atoms with van der Waals surface area (Å²) in [7, 11) is 3.82. The van der Waals surface area contributed by atoms with Crippen LogP contribution >= 0.6 is 0 Å². The van der Waals surface area contributed by atoms with Gasteiger partial charge in [-0.3, -0.25) is 4.79 Å². The molecule has 15 heavy (non-hydrogen) atoms. The lowest BCUT2D eigenvalue weighted by Crippen LogP contribution is -2.52. The van der Waals surface area contributed by atoms with Crippen LogP contribution in [0.3, 0.4) is 0 Å². The molecule has 0 aliphatic carbocycles. The van der Waals surface area contributed by atoms with Crippen molar-refractivity contribution in [3.8, 4) is 0 Å². The van der Waals surface area contributed by atoms with Gasteiger partial charge < -0.3 is 20.6 Å². The van der Waals surface area contributed by atoms with Crippen LogP contribution in [0.25, 0.3) is 0 Å². The third kappa shape index (κ3) is 3.15. The molecule has 0 aromatic heterocycles. The number of amides is 1. The van der Waals surface area contributed by atoms with E-state index in [1.54, 1.807) is 11.9 Å². The number of nitrogens with zero attached hydrogens (tertiary/aromatic N) is 2. The molecule has 5 heteroatoms. The van der Waals surface area contributed by atoms with Crippen molar-refractivity contribution < 1.29 is 9.90 Å². The topological polar surface area (TPSA) is 69.8 Å². The van der Waals surface area contributed by atoms with Gasteiger partial charge in [0.1, 0.15) is 6.04 Å². The Kier molecular flexibility index (Phi) is 4.50. The zero-order valence-electron chi connectivity index (χ0n) is 9.52. The molecular weight excluding hydrogens is 194 g/mol. The molecule has 1 amide bonds. The normalized spacial score (nSPS) is 24.9. The first kappa shape index (κ1) is 12.4. The molecule has 1 heterocycles. The Balaban J connectivity index is 2.51. The molecule has 5 nitrogen and oxygen atoms in total. The van der Waals surface area contributed by atoms with E-state index in [0.717, 1.165) is 25.9 Å². The van der Waals surface area contributed by atoms with Crippen molar-refractivity contribution in [2.75, 3.05) is 33.8 Å². The van der Waals surface area contributed by atoms with Crippen molar-refractivity contribution >= 4 is 5.91 Å². The predicted molar refractivity (Wildman–Crippen MR) is 58.4 cm³/mol. The second-order valence-corrected chi connectivity index (χ2v) is 4.30. The summed E-state index contributed by atoms with van der Waals surface area (Å²) in [5.74, 6) is -0.169. The second-order valence-electron chi connectivity index (χ2n) is 4.30. The van der Waals surface area contributed by atoms with Crippen LogP contribution in [-0.2, 0) is 4.79 Å². The zero-order valence-corrected chi connectivity index (χ0v) is 9.52. The summed E-state index contributed by atoms with van der Waals surface area (Å²) in [5, 5.41) is 8.82. The van der Waals surface area contributed by atoms with Crippen molar-refractivity contribution in [1.82, 2.24) is 9.80 Å². The van der Waals surface area contributed by atoms with Gasteiger partial charge in [-0.05, 0) is 26.4 Å². The van der Waals surface area contributed by atoms with Crippen molar-refractivity contribution in [2.45, 2.75) is 24.9 Å². The Labute approximate surface area is 90.8 Å². The van der Waals surface area contributed by atoms with Crippen LogP contribution in [0.2, 0.25) is 0 Å². The average molecular weight is 215 g/mol. The van der Waals surface area contributed by atoms with Crippen molar-refractivity contribution in [2.24, 2.45) is 5.73 Å². The molecular formula is C10H21N3O2. The van der Waals surface area contributed by atoms with Gasteiger partial charge >= 0.3 is 0 Å². The van der Waals surface area contributed by atoms with Gasteiger partial charge in [-0.15, -0.1) is 0 Å². The van der Waals surface area contributed by atoms with E-state index in [1.807, 2.05) is 0 Å². The number of hydrogen-bond acceptors (Lipinski definition) is 4. The minimum atomic E-state index is -0.776. The number of likely N-dealkylation sites (N-methyl/N-ethyl adjacent to an activating group) is 2. The summed E-state index contributed by atoms with van der Waals surface area (Å²) in [6, 6.07) is -0.545. The first-order valence-corrected chi connectivity index (χ1v) is 5.38. The van der Waals surface area contributed by atoms with E-state index < -0.39 is 6.04 Å². The fraction of sp³-hybridized carbons (Fsp3) is 0.900. The molecule has 1 saturated heterocycles. The highest BCUT2D eigenvalue weighted by molar-refractivity contribution is 5.81. The van der Waals surface area contributed by atoms with Gasteiger partial charge in [0.15, 0.2) is 0 Å². The van der Waals surface area contributed by atoms with Gasteiger partial charge in [0.05, 0.1) is 6.61 Å². The van der Waals surface area contributed by atoms with Crippen LogP contribution in [0.5, 0.6) is 0 Å². The minimum absolute atomic E-state index is 0.169. The molecule has 0 radical (unpaired) electrons. The SMILES string of the molecule is CN1CCCC(N(C)C(=O)C(N)CO)C1. The molecule has 2 unspecified atom stereocenters. The largest absolute Gasteiger partial charge is 0.394 e. The number of piperidine rings is 1. The molecule has 0 bridgehead atoms. The summed E-state index contributed by atoms with van der Waals surface area (Å²) >= 11 is 0. The summed E-state index contributed by atoms with van der Waals surface area (Å²) in [5.41, 5.74) is 5.50. The molecule has 0 spiro atoms. The van der Waals surface area contributed by atoms with E-state index in [2.05, 4.69) is 11.9 Å². The Morgan fingerprint density at radius 2 is 2.40 bits per heavy atom. The van der Waals surface area contributed by atoms with Crippen LogP contribution in [0.4, 0.5) is 0 Å². The molecule has 0 saturated carbocycles. The second kappa shape index (κ2) is 5.44. The Bertz CT molecular complexity index is 223. The maximum absolute atomic E-state index is 11.7. The van der Waals surface area contributed by atoms with E-state index >= 15 is 0 Å². The maximum atomic E-state index is 11.7. The summed E-state index contributed by atoms with van der Waals surface area (Å²) in [6.07, 6.45) is 2.12. The van der Waals surface area contributed by atoms with Crippen LogP contribution in [0.15, 0.2) is 0 Å². The highest BCUT2D eigenvalue weighted by Crippen LogP contribution is 2.13. The molecule has 1 fully saturated rings. The summed E-state index contributed by atoms with van der Waals surface area (Å²) in [6.45, 7) is 1.69. The highest BCUT2D eigenvalue weighted by atomic mass is 16.3. The van der Waals surface area contributed by atoms with Crippen molar-refractivity contribution in [3.63, 3.8) is 0 Å². The van der Waals surface area contributed by atoms with E-state index in [-0.39, 0.29) is 18.6 Å². The summed E-state index contributed by atoms with van der Waals surface area (Å²) in [4.78, 5) is 15.6. The molecule has 1 aliphatic heterocycles. The first-order valence-electron chi connectivity index (χ1n) is 5.38. The van der Waals surface area contributed by atoms with Gasteiger partial charge in [-0.25, -0.2) is 0 Å². The molecule has 88 valence electrons. The number of aliphatic hydroxyl groups is 1. The average Bonchev–Trinajstić information content (AvgIpc) is 2.26. The summed E-state index contributed by atoms with van der Waals surface area (Å²) < 4.78 is 0. The number of carbonyl (C=O) groups is 1. The molecule has 1 rings (SSSR count). The smallest absolute Gasteiger partial charge is 0.241 e. The highest BCUT2D eigenvalue weighted by Gasteiger charge is 2.26. The molecule has 0 aromatic rings. The Morgan fingerprint density at radius 3 is 2.93 bits per heavy atom. The third-order valence-electron chi connectivity index (χ3n) is 3.01. The number of hydrogen-bond donors (Lipinski definition) is 2. The standard InChI is InChI=1S/C10H21N3O2/c1-12-5-3-4-8(6-12)13(2)10(15)9(11)7-14/h8-9,14H,3-7,11H2,1-2H3. The number of nitrogens with two attached hydrogens (primary N) is 1. The zero-order chi connectivity index (χ0) is 11.4. The monoisotopic (exact) mass is 215 g/mol. The van der Waals surface area contributed by atoms with Crippen molar-refractivity contribution in [1.29, 1.82) is 0 Å². The van der Waals surface area contributed by atoms with Gasteiger partial charge in [-0.2, -0.15) is 0 Å². The lowest BCUT2D eigenvalue weighted by molar-refractivity contribution is -0.135. The van der Waals surface area contributed by atoms with Crippen LogP contribution in [-0.4, -0.2) is 66.7 Å². The number of rotatable bonds is 3. The van der Waals surface area contributed by atoms with Gasteiger partial charge in [0.25, 0.3) is 0 Å². The van der Waals surface area contributed by atoms with Gasteiger partial charge in [-0.1, -0.05) is 0 Å². The van der Waals surface area contributed by atoms with Crippen LogP contribution < -0.4 is 5.73 Å². The quantitative estimate of drug-likeness (QED) is 0.624.